The molecule has 0 spiro atoms. The van der Waals surface area contributed by atoms with Gasteiger partial charge in [0.05, 0.1) is 0 Å². The van der Waals surface area contributed by atoms with Gasteiger partial charge in [0.2, 0.25) is 5.91 Å². The van der Waals surface area contributed by atoms with Crippen molar-refractivity contribution >= 4 is 5.91 Å². The molecule has 1 unspecified atom stereocenters. The van der Waals surface area contributed by atoms with Crippen LogP contribution < -0.4 is 10.6 Å². The molecule has 0 aromatic heterocycles. The minimum Gasteiger partial charge on any atom is -0.342 e. The van der Waals surface area contributed by atoms with Crippen molar-refractivity contribution < 1.29 is 7.65 Å². The SMILES string of the molecule is CCC(C)NCCCCCCCC(C)C.CNCCCN(C)C1CCN(C(=O)C(C)C)CC1.[HH].[HH]. The smallest absolute Gasteiger partial charge is 0.225 e. The lowest BCUT2D eigenvalue weighted by Gasteiger charge is -2.37. The van der Waals surface area contributed by atoms with Gasteiger partial charge in [-0.3, -0.25) is 4.79 Å². The Morgan fingerprint density at radius 1 is 0.970 bits per heavy atom. The lowest BCUT2D eigenvalue weighted by atomic mass is 10.0. The molecule has 5 heteroatoms. The zero-order chi connectivity index (χ0) is 25.1. The van der Waals surface area contributed by atoms with Crippen molar-refractivity contribution in [3.63, 3.8) is 0 Å². The fourth-order valence-electron chi connectivity index (χ4n) is 4.28. The number of likely N-dealkylation sites (tertiary alicyclic amines) is 1. The first-order valence-electron chi connectivity index (χ1n) is 14.1. The monoisotopic (exact) mass is 473 g/mol. The van der Waals surface area contributed by atoms with Crippen LogP contribution in [0.25, 0.3) is 0 Å². The molecule has 1 atom stereocenters. The predicted molar refractivity (Wildman–Crippen MR) is 150 cm³/mol. The lowest BCUT2D eigenvalue weighted by molar-refractivity contribution is -0.136. The largest absolute Gasteiger partial charge is 0.342 e. The molecule has 0 radical (unpaired) electrons. The highest BCUT2D eigenvalue weighted by molar-refractivity contribution is 5.78. The number of amides is 1. The maximum atomic E-state index is 11.9. The van der Waals surface area contributed by atoms with Gasteiger partial charge in [0.1, 0.15) is 0 Å². The number of hydrogen-bond donors (Lipinski definition) is 2. The quantitative estimate of drug-likeness (QED) is 0.269. The van der Waals surface area contributed by atoms with Crippen LogP contribution in [0, 0.1) is 11.8 Å². The van der Waals surface area contributed by atoms with Gasteiger partial charge < -0.3 is 20.4 Å². The van der Waals surface area contributed by atoms with Gasteiger partial charge >= 0.3 is 0 Å². The Morgan fingerprint density at radius 3 is 2.12 bits per heavy atom. The van der Waals surface area contributed by atoms with Crippen LogP contribution in [0.15, 0.2) is 0 Å². The molecule has 2 N–H and O–H groups in total. The third-order valence-corrected chi connectivity index (χ3v) is 6.89. The third kappa shape index (κ3) is 17.4. The van der Waals surface area contributed by atoms with E-state index in [0.717, 1.165) is 44.9 Å². The fourth-order valence-corrected chi connectivity index (χ4v) is 4.28. The summed E-state index contributed by atoms with van der Waals surface area (Å²) >= 11 is 0. The highest BCUT2D eigenvalue weighted by atomic mass is 16.2. The molecule has 1 saturated heterocycles. The maximum absolute atomic E-state index is 11.9. The van der Waals surface area contributed by atoms with Crippen LogP contribution in [-0.4, -0.2) is 74.6 Å². The fraction of sp³-hybridized carbons (Fsp3) is 0.964. The first-order chi connectivity index (χ1) is 15.7. The average Bonchev–Trinajstić information content (AvgIpc) is 2.80. The van der Waals surface area contributed by atoms with Crippen LogP contribution in [0.4, 0.5) is 0 Å². The Balaban J connectivity index is -0.000000563. The van der Waals surface area contributed by atoms with Gasteiger partial charge in [-0.1, -0.05) is 66.7 Å². The molecule has 202 valence electrons. The van der Waals surface area contributed by atoms with E-state index in [1.807, 2.05) is 25.8 Å². The number of rotatable bonds is 16. The van der Waals surface area contributed by atoms with E-state index in [2.05, 4.69) is 50.3 Å². The molecule has 1 rings (SSSR count). The number of carbonyl (C=O) groups excluding carboxylic acids is 1. The molecule has 0 aromatic rings. The van der Waals surface area contributed by atoms with E-state index in [0.29, 0.717) is 18.0 Å². The van der Waals surface area contributed by atoms with E-state index in [4.69, 9.17) is 0 Å². The lowest BCUT2D eigenvalue weighted by Crippen LogP contribution is -2.47. The molecule has 5 nitrogen and oxygen atoms in total. The van der Waals surface area contributed by atoms with Crippen LogP contribution in [-0.2, 0) is 4.79 Å². The molecular formula is C28H64N4O. The molecule has 1 fully saturated rings. The Kier molecular flexibility index (Phi) is 20.3. The van der Waals surface area contributed by atoms with Crippen molar-refractivity contribution in [3.8, 4) is 0 Å². The zero-order valence-electron chi connectivity index (χ0n) is 23.7. The molecule has 33 heavy (non-hydrogen) atoms. The Bertz CT molecular complexity index is 458. The predicted octanol–water partition coefficient (Wildman–Crippen LogP) is 6.04. The van der Waals surface area contributed by atoms with Crippen LogP contribution in [0.5, 0.6) is 0 Å². The van der Waals surface area contributed by atoms with E-state index in [-0.39, 0.29) is 8.77 Å². The summed E-state index contributed by atoms with van der Waals surface area (Å²) < 4.78 is 0. The van der Waals surface area contributed by atoms with Crippen molar-refractivity contribution in [1.29, 1.82) is 0 Å². The van der Waals surface area contributed by atoms with Crippen LogP contribution in [0.1, 0.15) is 109 Å². The van der Waals surface area contributed by atoms with Crippen LogP contribution in [0.2, 0.25) is 0 Å². The van der Waals surface area contributed by atoms with Crippen molar-refractivity contribution in [3.05, 3.63) is 0 Å². The van der Waals surface area contributed by atoms with Crippen molar-refractivity contribution in [1.82, 2.24) is 20.4 Å². The summed E-state index contributed by atoms with van der Waals surface area (Å²) in [6.45, 7) is 18.4. The van der Waals surface area contributed by atoms with E-state index in [9.17, 15) is 4.79 Å². The molecule has 0 aliphatic carbocycles. The van der Waals surface area contributed by atoms with Crippen LogP contribution >= 0.6 is 0 Å². The number of unbranched alkanes of at least 4 members (excludes halogenated alkanes) is 4. The number of nitrogens with zero attached hydrogens (tertiary/aromatic N) is 2. The van der Waals surface area contributed by atoms with Gasteiger partial charge in [-0.05, 0) is 78.7 Å². The van der Waals surface area contributed by atoms with Crippen molar-refractivity contribution in [2.75, 3.05) is 46.8 Å². The van der Waals surface area contributed by atoms with Gasteiger partial charge in [0.15, 0.2) is 0 Å². The third-order valence-electron chi connectivity index (χ3n) is 6.89. The molecule has 0 aromatic carbocycles. The van der Waals surface area contributed by atoms with Crippen molar-refractivity contribution in [2.24, 2.45) is 11.8 Å². The van der Waals surface area contributed by atoms with Gasteiger partial charge in [-0.15, -0.1) is 0 Å². The first-order valence-corrected chi connectivity index (χ1v) is 14.1. The maximum Gasteiger partial charge on any atom is 0.225 e. The molecule has 1 aliphatic rings. The average molecular weight is 473 g/mol. The molecular weight excluding hydrogens is 408 g/mol. The van der Waals surface area contributed by atoms with E-state index in [1.165, 1.54) is 57.9 Å². The van der Waals surface area contributed by atoms with E-state index in [1.54, 1.807) is 0 Å². The minimum atomic E-state index is 0. The second kappa shape index (κ2) is 20.7. The minimum absolute atomic E-state index is 0. The topological polar surface area (TPSA) is 47.6 Å². The standard InChI is InChI=1S/C14H29N3O.C14H31N.2H2/c1-12(2)14(18)17-10-6-13(7-11-17)16(4)9-5-8-15-3;1-5-14(4)15-12-10-8-6-7-9-11-13(2)3;;/h12-13,15H,5-11H2,1-4H3;13-15H,5-12H2,1-4H3;2*1H. The summed E-state index contributed by atoms with van der Waals surface area (Å²) in [5, 5.41) is 6.72. The van der Waals surface area contributed by atoms with Gasteiger partial charge in [-0.2, -0.15) is 0 Å². The number of piperidine rings is 1. The number of nitrogens with one attached hydrogen (secondary N) is 2. The Labute approximate surface area is 210 Å². The van der Waals surface area contributed by atoms with Crippen LogP contribution in [0.3, 0.4) is 0 Å². The molecule has 0 bridgehead atoms. The van der Waals surface area contributed by atoms with Gasteiger partial charge in [-0.25, -0.2) is 0 Å². The molecule has 1 amide bonds. The summed E-state index contributed by atoms with van der Waals surface area (Å²) in [5.41, 5.74) is 0. The van der Waals surface area contributed by atoms with Crippen molar-refractivity contribution in [2.45, 2.75) is 118 Å². The van der Waals surface area contributed by atoms with Gasteiger partial charge in [0, 0.05) is 33.9 Å². The molecule has 1 heterocycles. The van der Waals surface area contributed by atoms with E-state index >= 15 is 0 Å². The second-order valence-electron chi connectivity index (χ2n) is 10.9. The highest BCUT2D eigenvalue weighted by Gasteiger charge is 2.25. The molecule has 0 saturated carbocycles. The summed E-state index contributed by atoms with van der Waals surface area (Å²) in [5.74, 6) is 1.33. The summed E-state index contributed by atoms with van der Waals surface area (Å²) in [6.07, 6.45) is 13.1. The summed E-state index contributed by atoms with van der Waals surface area (Å²) in [6, 6.07) is 1.35. The Hall–Kier alpha value is -0.650. The first kappa shape index (κ1) is 32.4. The number of hydrogen-bond acceptors (Lipinski definition) is 4. The highest BCUT2D eigenvalue weighted by Crippen LogP contribution is 2.17. The normalized spacial score (nSPS) is 15.8. The Morgan fingerprint density at radius 2 is 1.58 bits per heavy atom. The summed E-state index contributed by atoms with van der Waals surface area (Å²) in [7, 11) is 4.20. The van der Waals surface area contributed by atoms with Gasteiger partial charge in [0.25, 0.3) is 0 Å². The second-order valence-corrected chi connectivity index (χ2v) is 10.9. The van der Waals surface area contributed by atoms with E-state index < -0.39 is 0 Å². The zero-order valence-corrected chi connectivity index (χ0v) is 23.7. The summed E-state index contributed by atoms with van der Waals surface area (Å²) in [4.78, 5) is 16.4. The number of carbonyl (C=O) groups is 1. The molecule has 1 aliphatic heterocycles.